The first kappa shape index (κ1) is 18.3. The molecule has 25 heavy (non-hydrogen) atoms. The molecule has 0 atom stereocenters. The summed E-state index contributed by atoms with van der Waals surface area (Å²) in [6.07, 6.45) is 8.04. The van der Waals surface area contributed by atoms with Gasteiger partial charge in [-0.3, -0.25) is 19.6 Å². The number of hydrogen-bond donors (Lipinski definition) is 1. The maximum Gasteiger partial charge on any atom is 0.255 e. The average Bonchev–Trinajstić information content (AvgIpc) is 2.65. The highest BCUT2D eigenvalue weighted by atomic mass is 16.2. The van der Waals surface area contributed by atoms with Crippen LogP contribution in [-0.2, 0) is 11.3 Å². The third-order valence-corrected chi connectivity index (χ3v) is 3.90. The molecule has 2 aromatic heterocycles. The summed E-state index contributed by atoms with van der Waals surface area (Å²) in [5, 5.41) is 2.77. The average molecular weight is 338 g/mol. The summed E-state index contributed by atoms with van der Waals surface area (Å²) in [6, 6.07) is 6.92. The third kappa shape index (κ3) is 4.50. The molecule has 0 aliphatic rings. The molecule has 0 unspecified atom stereocenters. The number of hydrogen-bond acceptors (Lipinski definition) is 4. The molecule has 130 valence electrons. The minimum absolute atomic E-state index is 0.238. The van der Waals surface area contributed by atoms with Gasteiger partial charge in [0.2, 0.25) is 5.91 Å². The molecule has 0 bridgehead atoms. The monoisotopic (exact) mass is 338 g/mol. The van der Waals surface area contributed by atoms with Crippen LogP contribution in [0.4, 0.5) is 0 Å². The number of nitrogens with one attached hydrogen (secondary N) is 1. The van der Waals surface area contributed by atoms with E-state index in [9.17, 15) is 9.59 Å². The van der Waals surface area contributed by atoms with Gasteiger partial charge in [0.05, 0.1) is 0 Å². The van der Waals surface area contributed by atoms with Crippen LogP contribution < -0.4 is 5.32 Å². The van der Waals surface area contributed by atoms with E-state index < -0.39 is 5.54 Å². The van der Waals surface area contributed by atoms with Crippen LogP contribution in [0.15, 0.2) is 61.7 Å². The lowest BCUT2D eigenvalue weighted by atomic mass is 9.98. The van der Waals surface area contributed by atoms with Gasteiger partial charge < -0.3 is 10.2 Å². The van der Waals surface area contributed by atoms with Gasteiger partial charge in [0, 0.05) is 43.4 Å². The Bertz CT molecular complexity index is 730. The lowest BCUT2D eigenvalue weighted by molar-refractivity contribution is -0.130. The van der Waals surface area contributed by atoms with Crippen molar-refractivity contribution in [2.24, 2.45) is 0 Å². The largest absolute Gasteiger partial charge is 0.351 e. The van der Waals surface area contributed by atoms with Crippen LogP contribution in [0.1, 0.15) is 29.8 Å². The third-order valence-electron chi connectivity index (χ3n) is 3.90. The molecule has 0 aromatic carbocycles. The minimum atomic E-state index is -1.05. The van der Waals surface area contributed by atoms with Gasteiger partial charge >= 0.3 is 0 Å². The maximum absolute atomic E-state index is 13.1. The summed E-state index contributed by atoms with van der Waals surface area (Å²) in [5.41, 5.74) is 0.322. The smallest absolute Gasteiger partial charge is 0.255 e. The Morgan fingerprint density at radius 1 is 1.12 bits per heavy atom. The van der Waals surface area contributed by atoms with E-state index in [0.29, 0.717) is 12.1 Å². The molecule has 0 saturated heterocycles. The van der Waals surface area contributed by atoms with Gasteiger partial charge in [0.25, 0.3) is 5.91 Å². The topological polar surface area (TPSA) is 75.2 Å². The van der Waals surface area contributed by atoms with Crippen molar-refractivity contribution in [3.05, 3.63) is 72.8 Å². The zero-order valence-electron chi connectivity index (χ0n) is 14.5. The highest BCUT2D eigenvalue weighted by molar-refractivity contribution is 5.98. The van der Waals surface area contributed by atoms with Crippen molar-refractivity contribution in [3.63, 3.8) is 0 Å². The molecule has 0 aliphatic heterocycles. The normalized spacial score (nSPS) is 10.8. The number of aromatic nitrogens is 2. The zero-order valence-corrected chi connectivity index (χ0v) is 14.5. The van der Waals surface area contributed by atoms with Crippen molar-refractivity contribution in [1.29, 1.82) is 0 Å². The highest BCUT2D eigenvalue weighted by Gasteiger charge is 2.38. The Kier molecular flexibility index (Phi) is 6.00. The molecule has 0 fully saturated rings. The van der Waals surface area contributed by atoms with E-state index in [-0.39, 0.29) is 18.4 Å². The van der Waals surface area contributed by atoms with E-state index in [2.05, 4.69) is 21.9 Å². The van der Waals surface area contributed by atoms with E-state index in [1.165, 1.54) is 0 Å². The summed E-state index contributed by atoms with van der Waals surface area (Å²) < 4.78 is 0. The van der Waals surface area contributed by atoms with Crippen LogP contribution in [-0.4, -0.2) is 38.8 Å². The van der Waals surface area contributed by atoms with Crippen LogP contribution in [0.3, 0.4) is 0 Å². The van der Waals surface area contributed by atoms with Crippen LogP contribution in [0.5, 0.6) is 0 Å². The summed E-state index contributed by atoms with van der Waals surface area (Å²) >= 11 is 0. The van der Waals surface area contributed by atoms with Crippen molar-refractivity contribution in [2.45, 2.75) is 25.9 Å². The number of carbonyl (C=O) groups excluding carboxylic acids is 2. The minimum Gasteiger partial charge on any atom is -0.351 e. The summed E-state index contributed by atoms with van der Waals surface area (Å²) in [5.74, 6) is -0.484. The molecule has 2 rings (SSSR count). The van der Waals surface area contributed by atoms with Gasteiger partial charge in [-0.05, 0) is 43.7 Å². The maximum atomic E-state index is 13.1. The molecule has 0 aliphatic carbocycles. The second-order valence-corrected chi connectivity index (χ2v) is 6.04. The summed E-state index contributed by atoms with van der Waals surface area (Å²) in [7, 11) is 0. The Hall–Kier alpha value is -3.02. The fourth-order valence-corrected chi connectivity index (χ4v) is 2.35. The Morgan fingerprint density at radius 2 is 1.68 bits per heavy atom. The van der Waals surface area contributed by atoms with Crippen LogP contribution >= 0.6 is 0 Å². The number of amides is 2. The molecule has 2 heterocycles. The number of carbonyl (C=O) groups is 2. The SMILES string of the molecule is C=CCNC(=O)C(C)(C)N(Cc1ccncc1)C(=O)c1ccncc1. The van der Waals surface area contributed by atoms with Crippen molar-refractivity contribution in [1.82, 2.24) is 20.2 Å². The highest BCUT2D eigenvalue weighted by Crippen LogP contribution is 2.21. The van der Waals surface area contributed by atoms with Gasteiger partial charge in [-0.2, -0.15) is 0 Å². The lowest BCUT2D eigenvalue weighted by Gasteiger charge is -2.37. The summed E-state index contributed by atoms with van der Waals surface area (Å²) in [6.45, 7) is 7.69. The van der Waals surface area contributed by atoms with Gasteiger partial charge in [-0.1, -0.05) is 6.08 Å². The van der Waals surface area contributed by atoms with Crippen molar-refractivity contribution in [2.75, 3.05) is 6.54 Å². The first-order valence-corrected chi connectivity index (χ1v) is 7.97. The van der Waals surface area contributed by atoms with E-state index in [4.69, 9.17) is 0 Å². The predicted molar refractivity (Wildman–Crippen MR) is 95.6 cm³/mol. The van der Waals surface area contributed by atoms with Gasteiger partial charge in [0.15, 0.2) is 0 Å². The fourth-order valence-electron chi connectivity index (χ4n) is 2.35. The van der Waals surface area contributed by atoms with Crippen molar-refractivity contribution >= 4 is 11.8 Å². The van der Waals surface area contributed by atoms with Crippen LogP contribution in [0.25, 0.3) is 0 Å². The number of nitrogens with zero attached hydrogens (tertiary/aromatic N) is 3. The molecular formula is C19H22N4O2. The van der Waals surface area contributed by atoms with E-state index in [1.807, 2.05) is 12.1 Å². The molecule has 1 N–H and O–H groups in total. The molecule has 0 radical (unpaired) electrons. The molecule has 2 amide bonds. The van der Waals surface area contributed by atoms with Crippen LogP contribution in [0.2, 0.25) is 0 Å². The molecule has 0 spiro atoms. The Morgan fingerprint density at radius 3 is 2.24 bits per heavy atom. The molecule has 2 aromatic rings. The van der Waals surface area contributed by atoms with Crippen molar-refractivity contribution in [3.8, 4) is 0 Å². The molecule has 6 heteroatoms. The van der Waals surface area contributed by atoms with Crippen LogP contribution in [0, 0.1) is 0 Å². The quantitative estimate of drug-likeness (QED) is 0.785. The number of pyridine rings is 2. The van der Waals surface area contributed by atoms with Crippen molar-refractivity contribution < 1.29 is 9.59 Å². The standard InChI is InChI=1S/C19H22N4O2/c1-4-9-22-18(25)19(2,3)23(14-15-5-10-20-11-6-15)17(24)16-7-12-21-13-8-16/h4-8,10-13H,1,9,14H2,2-3H3,(H,22,25). The molecule has 0 saturated carbocycles. The second-order valence-electron chi connectivity index (χ2n) is 6.04. The first-order chi connectivity index (χ1) is 12.0. The van der Waals surface area contributed by atoms with E-state index >= 15 is 0 Å². The Balaban J connectivity index is 2.35. The van der Waals surface area contributed by atoms with Gasteiger partial charge in [-0.25, -0.2) is 0 Å². The molecule has 6 nitrogen and oxygen atoms in total. The fraction of sp³-hybridized carbons (Fsp3) is 0.263. The Labute approximate surface area is 147 Å². The zero-order chi connectivity index (χ0) is 18.3. The van der Waals surface area contributed by atoms with E-state index in [0.717, 1.165) is 5.56 Å². The van der Waals surface area contributed by atoms with E-state index in [1.54, 1.807) is 61.7 Å². The van der Waals surface area contributed by atoms with Gasteiger partial charge in [0.1, 0.15) is 5.54 Å². The lowest BCUT2D eigenvalue weighted by Crippen LogP contribution is -2.56. The van der Waals surface area contributed by atoms with Gasteiger partial charge in [-0.15, -0.1) is 6.58 Å². The predicted octanol–water partition coefficient (Wildman–Crippen LogP) is 2.20. The second kappa shape index (κ2) is 8.19. The first-order valence-electron chi connectivity index (χ1n) is 7.97. The molecular weight excluding hydrogens is 316 g/mol. The number of rotatable bonds is 7. The summed E-state index contributed by atoms with van der Waals surface area (Å²) in [4.78, 5) is 35.2.